The van der Waals surface area contributed by atoms with Gasteiger partial charge in [-0.1, -0.05) is 18.2 Å². The van der Waals surface area contributed by atoms with Crippen molar-refractivity contribution in [2.75, 3.05) is 7.11 Å². The monoisotopic (exact) mass is 217 g/mol. The van der Waals surface area contributed by atoms with Crippen LogP contribution in [0.4, 0.5) is 13.2 Å². The van der Waals surface area contributed by atoms with Crippen molar-refractivity contribution in [3.05, 3.63) is 35.4 Å². The first kappa shape index (κ1) is 11.6. The maximum atomic E-state index is 12.3. The number of ether oxygens (including phenoxy) is 1. The van der Waals surface area contributed by atoms with Gasteiger partial charge in [-0.3, -0.25) is 5.41 Å². The molecule has 0 atom stereocenters. The van der Waals surface area contributed by atoms with Crippen LogP contribution in [-0.2, 0) is 17.3 Å². The van der Waals surface area contributed by atoms with Crippen molar-refractivity contribution >= 4 is 5.90 Å². The van der Waals surface area contributed by atoms with Crippen LogP contribution in [0.25, 0.3) is 0 Å². The minimum atomic E-state index is -4.34. The van der Waals surface area contributed by atoms with Gasteiger partial charge in [0.2, 0.25) is 0 Å². The van der Waals surface area contributed by atoms with Crippen molar-refractivity contribution in [1.29, 1.82) is 5.41 Å². The van der Waals surface area contributed by atoms with E-state index in [4.69, 9.17) is 5.41 Å². The van der Waals surface area contributed by atoms with Gasteiger partial charge >= 0.3 is 6.18 Å². The zero-order valence-corrected chi connectivity index (χ0v) is 8.06. The Morgan fingerprint density at radius 2 is 2.07 bits per heavy atom. The molecule has 0 fully saturated rings. The first-order valence-corrected chi connectivity index (χ1v) is 4.21. The normalized spacial score (nSPS) is 11.2. The molecule has 0 radical (unpaired) electrons. The fourth-order valence-corrected chi connectivity index (χ4v) is 1.12. The van der Waals surface area contributed by atoms with Gasteiger partial charge in [0.15, 0.2) is 5.90 Å². The van der Waals surface area contributed by atoms with Crippen LogP contribution in [0.1, 0.15) is 11.1 Å². The quantitative estimate of drug-likeness (QED) is 0.599. The lowest BCUT2D eigenvalue weighted by atomic mass is 10.1. The molecule has 1 aromatic carbocycles. The first-order valence-electron chi connectivity index (χ1n) is 4.21. The average Bonchev–Trinajstić information content (AvgIpc) is 2.17. The van der Waals surface area contributed by atoms with Gasteiger partial charge in [0.05, 0.1) is 12.7 Å². The minimum Gasteiger partial charge on any atom is -0.484 e. The highest BCUT2D eigenvalue weighted by molar-refractivity contribution is 5.75. The highest BCUT2D eigenvalue weighted by Gasteiger charge is 2.30. The van der Waals surface area contributed by atoms with Crippen LogP contribution >= 0.6 is 0 Å². The summed E-state index contributed by atoms with van der Waals surface area (Å²) in [4.78, 5) is 0. The van der Waals surface area contributed by atoms with Gasteiger partial charge in [0, 0.05) is 6.42 Å². The van der Waals surface area contributed by atoms with Gasteiger partial charge in [-0.25, -0.2) is 0 Å². The van der Waals surface area contributed by atoms with Crippen molar-refractivity contribution in [2.24, 2.45) is 0 Å². The van der Waals surface area contributed by atoms with Gasteiger partial charge in [-0.15, -0.1) is 0 Å². The zero-order valence-electron chi connectivity index (χ0n) is 8.06. The fraction of sp³-hybridized carbons (Fsp3) is 0.300. The maximum Gasteiger partial charge on any atom is 0.416 e. The Bertz CT molecular complexity index is 360. The van der Waals surface area contributed by atoms with Crippen molar-refractivity contribution in [2.45, 2.75) is 12.6 Å². The third kappa shape index (κ3) is 3.27. The molecule has 1 rings (SSSR count). The molecule has 0 unspecified atom stereocenters. The van der Waals surface area contributed by atoms with E-state index in [0.717, 1.165) is 12.1 Å². The molecule has 0 amide bonds. The fourth-order valence-electron chi connectivity index (χ4n) is 1.12. The lowest BCUT2D eigenvalue weighted by Crippen LogP contribution is -2.08. The minimum absolute atomic E-state index is 0.0608. The number of rotatable bonds is 2. The number of alkyl halides is 3. The smallest absolute Gasteiger partial charge is 0.416 e. The number of methoxy groups -OCH3 is 1. The molecule has 0 aliphatic heterocycles. The van der Waals surface area contributed by atoms with Gasteiger partial charge < -0.3 is 4.74 Å². The van der Waals surface area contributed by atoms with E-state index in [2.05, 4.69) is 4.74 Å². The van der Waals surface area contributed by atoms with E-state index in [0.29, 0.717) is 5.56 Å². The number of benzene rings is 1. The predicted octanol–water partition coefficient (Wildman–Crippen LogP) is 2.87. The van der Waals surface area contributed by atoms with Crippen molar-refractivity contribution < 1.29 is 17.9 Å². The summed E-state index contributed by atoms with van der Waals surface area (Å²) in [5, 5.41) is 7.20. The SMILES string of the molecule is COC(=N)Cc1cccc(C(F)(F)F)c1. The van der Waals surface area contributed by atoms with Crippen LogP contribution in [0.3, 0.4) is 0 Å². The predicted molar refractivity (Wildman–Crippen MR) is 49.9 cm³/mol. The number of halogens is 3. The summed E-state index contributed by atoms with van der Waals surface area (Å²) < 4.78 is 41.5. The van der Waals surface area contributed by atoms with Crippen LogP contribution in [-0.4, -0.2) is 13.0 Å². The van der Waals surface area contributed by atoms with E-state index in [9.17, 15) is 13.2 Å². The molecule has 0 spiro atoms. The van der Waals surface area contributed by atoms with E-state index in [1.54, 1.807) is 0 Å². The molecule has 0 bridgehead atoms. The molecule has 82 valence electrons. The molecule has 0 saturated carbocycles. The van der Waals surface area contributed by atoms with Crippen LogP contribution in [0, 0.1) is 5.41 Å². The summed E-state index contributed by atoms with van der Waals surface area (Å²) in [6.07, 6.45) is -4.27. The highest BCUT2D eigenvalue weighted by atomic mass is 19.4. The van der Waals surface area contributed by atoms with Crippen molar-refractivity contribution in [3.8, 4) is 0 Å². The molecule has 0 heterocycles. The molecule has 1 aromatic rings. The Balaban J connectivity index is 2.88. The topological polar surface area (TPSA) is 33.1 Å². The van der Waals surface area contributed by atoms with E-state index < -0.39 is 11.7 Å². The summed E-state index contributed by atoms with van der Waals surface area (Å²) in [5.74, 6) is -0.0608. The molecular weight excluding hydrogens is 207 g/mol. The van der Waals surface area contributed by atoms with Crippen LogP contribution in [0.2, 0.25) is 0 Å². The Kier molecular flexibility index (Phi) is 3.34. The van der Waals surface area contributed by atoms with Gasteiger partial charge in [0.25, 0.3) is 0 Å². The van der Waals surface area contributed by atoms with Gasteiger partial charge in [-0.2, -0.15) is 13.2 Å². The van der Waals surface area contributed by atoms with E-state index in [-0.39, 0.29) is 12.3 Å². The molecule has 0 saturated heterocycles. The average molecular weight is 217 g/mol. The molecule has 2 nitrogen and oxygen atoms in total. The molecule has 1 N–H and O–H groups in total. The third-order valence-corrected chi connectivity index (χ3v) is 1.87. The molecule has 0 aliphatic rings. The number of hydrogen-bond acceptors (Lipinski definition) is 2. The summed E-state index contributed by atoms with van der Waals surface area (Å²) in [7, 11) is 1.32. The Morgan fingerprint density at radius 3 is 2.60 bits per heavy atom. The second kappa shape index (κ2) is 4.33. The molecular formula is C10H10F3NO. The standard InChI is InChI=1S/C10H10F3NO/c1-15-9(14)6-7-3-2-4-8(5-7)10(11,12)13/h2-5,14H,6H2,1H3. The Labute approximate surface area is 85.2 Å². The van der Waals surface area contributed by atoms with Crippen molar-refractivity contribution in [3.63, 3.8) is 0 Å². The van der Waals surface area contributed by atoms with E-state index in [1.807, 2.05) is 0 Å². The van der Waals surface area contributed by atoms with Gasteiger partial charge in [0.1, 0.15) is 0 Å². The Hall–Kier alpha value is -1.52. The molecule has 15 heavy (non-hydrogen) atoms. The lowest BCUT2D eigenvalue weighted by molar-refractivity contribution is -0.137. The second-order valence-corrected chi connectivity index (χ2v) is 3.00. The third-order valence-electron chi connectivity index (χ3n) is 1.87. The summed E-state index contributed by atoms with van der Waals surface area (Å²) in [6.45, 7) is 0. The highest BCUT2D eigenvalue weighted by Crippen LogP contribution is 2.29. The van der Waals surface area contributed by atoms with Crippen molar-refractivity contribution in [1.82, 2.24) is 0 Å². The lowest BCUT2D eigenvalue weighted by Gasteiger charge is -2.08. The maximum absolute atomic E-state index is 12.3. The first-order chi connectivity index (χ1) is 6.93. The van der Waals surface area contributed by atoms with Crippen LogP contribution in [0.15, 0.2) is 24.3 Å². The Morgan fingerprint density at radius 1 is 1.40 bits per heavy atom. The summed E-state index contributed by atoms with van der Waals surface area (Å²) in [6, 6.07) is 4.87. The molecule has 5 heteroatoms. The van der Waals surface area contributed by atoms with E-state index >= 15 is 0 Å². The molecule has 0 aromatic heterocycles. The molecule has 0 aliphatic carbocycles. The largest absolute Gasteiger partial charge is 0.484 e. The zero-order chi connectivity index (χ0) is 11.5. The second-order valence-electron chi connectivity index (χ2n) is 3.00. The number of hydrogen-bond donors (Lipinski definition) is 1. The van der Waals surface area contributed by atoms with E-state index in [1.165, 1.54) is 19.2 Å². The van der Waals surface area contributed by atoms with Crippen LogP contribution in [0.5, 0.6) is 0 Å². The summed E-state index contributed by atoms with van der Waals surface area (Å²) in [5.41, 5.74) is -0.291. The van der Waals surface area contributed by atoms with Gasteiger partial charge in [-0.05, 0) is 11.6 Å². The summed E-state index contributed by atoms with van der Waals surface area (Å²) >= 11 is 0. The van der Waals surface area contributed by atoms with Crippen LogP contribution < -0.4 is 0 Å². The number of nitrogens with one attached hydrogen (secondary N) is 1.